The number of benzene rings is 1. The third kappa shape index (κ3) is 4.10. The highest BCUT2D eigenvalue weighted by Crippen LogP contribution is 2.27. The molecule has 1 aliphatic rings. The van der Waals surface area contributed by atoms with Gasteiger partial charge in [0.1, 0.15) is 5.82 Å². The van der Waals surface area contributed by atoms with Crippen LogP contribution in [0.15, 0.2) is 24.3 Å². The standard InChI is InChI=1S/C18H26N4O/c1-14(2)23-13-7-10-19-18-20-16-9-4-3-8-15(16)17(21-18)22-11-5-6-12-22/h3-4,8-9,14H,5-7,10-13H2,1-2H3,(H,19,20,21). The summed E-state index contributed by atoms with van der Waals surface area (Å²) in [4.78, 5) is 11.8. The fourth-order valence-electron chi connectivity index (χ4n) is 2.90. The van der Waals surface area contributed by atoms with Crippen molar-refractivity contribution >= 4 is 22.7 Å². The molecule has 3 rings (SSSR count). The first-order valence-corrected chi connectivity index (χ1v) is 8.61. The van der Waals surface area contributed by atoms with E-state index in [4.69, 9.17) is 9.72 Å². The Balaban J connectivity index is 1.73. The fraction of sp³-hybridized carbons (Fsp3) is 0.556. The SMILES string of the molecule is CC(C)OCCCNc1nc(N2CCCC2)c2ccccc2n1. The largest absolute Gasteiger partial charge is 0.379 e. The van der Waals surface area contributed by atoms with Crippen LogP contribution >= 0.6 is 0 Å². The molecule has 23 heavy (non-hydrogen) atoms. The first-order valence-electron chi connectivity index (χ1n) is 8.61. The molecule has 2 heterocycles. The molecular weight excluding hydrogens is 288 g/mol. The van der Waals surface area contributed by atoms with E-state index >= 15 is 0 Å². The minimum Gasteiger partial charge on any atom is -0.379 e. The van der Waals surface area contributed by atoms with Crippen molar-refractivity contribution in [1.82, 2.24) is 9.97 Å². The lowest BCUT2D eigenvalue weighted by molar-refractivity contribution is 0.0787. The average molecular weight is 314 g/mol. The summed E-state index contributed by atoms with van der Waals surface area (Å²) < 4.78 is 5.57. The van der Waals surface area contributed by atoms with Gasteiger partial charge in [-0.2, -0.15) is 4.98 Å². The molecule has 1 aromatic carbocycles. The Labute approximate surface area is 138 Å². The second-order valence-corrected chi connectivity index (χ2v) is 6.28. The molecule has 1 aliphatic heterocycles. The molecule has 0 spiro atoms. The van der Waals surface area contributed by atoms with Crippen LogP contribution in [-0.2, 0) is 4.74 Å². The van der Waals surface area contributed by atoms with Crippen LogP contribution in [0.1, 0.15) is 33.1 Å². The van der Waals surface area contributed by atoms with Crippen molar-refractivity contribution in [2.75, 3.05) is 36.5 Å². The Morgan fingerprint density at radius 3 is 2.74 bits per heavy atom. The molecule has 0 atom stereocenters. The van der Waals surface area contributed by atoms with Crippen LogP contribution in [0.3, 0.4) is 0 Å². The van der Waals surface area contributed by atoms with Gasteiger partial charge in [0.2, 0.25) is 5.95 Å². The summed E-state index contributed by atoms with van der Waals surface area (Å²) >= 11 is 0. The zero-order valence-electron chi connectivity index (χ0n) is 14.1. The summed E-state index contributed by atoms with van der Waals surface area (Å²) in [7, 11) is 0. The van der Waals surface area contributed by atoms with Gasteiger partial charge in [-0.05, 0) is 45.2 Å². The van der Waals surface area contributed by atoms with Crippen LogP contribution in [0.2, 0.25) is 0 Å². The molecule has 0 bridgehead atoms. The topological polar surface area (TPSA) is 50.3 Å². The van der Waals surface area contributed by atoms with E-state index in [9.17, 15) is 0 Å². The lowest BCUT2D eigenvalue weighted by Crippen LogP contribution is -2.20. The normalized spacial score (nSPS) is 14.8. The summed E-state index contributed by atoms with van der Waals surface area (Å²) in [6, 6.07) is 8.26. The first kappa shape index (κ1) is 16.0. The van der Waals surface area contributed by atoms with Gasteiger partial charge in [-0.25, -0.2) is 4.98 Å². The van der Waals surface area contributed by atoms with Crippen molar-refractivity contribution in [3.8, 4) is 0 Å². The Bertz CT molecular complexity index is 638. The monoisotopic (exact) mass is 314 g/mol. The molecule has 0 unspecified atom stereocenters. The molecule has 5 heteroatoms. The van der Waals surface area contributed by atoms with Crippen molar-refractivity contribution in [3.05, 3.63) is 24.3 Å². The number of anilines is 2. The van der Waals surface area contributed by atoms with Crippen molar-refractivity contribution in [2.45, 2.75) is 39.2 Å². The number of aromatic nitrogens is 2. The van der Waals surface area contributed by atoms with Gasteiger partial charge in [0.05, 0.1) is 11.6 Å². The maximum absolute atomic E-state index is 5.57. The second kappa shape index (κ2) is 7.59. The summed E-state index contributed by atoms with van der Waals surface area (Å²) in [6.45, 7) is 7.87. The number of nitrogens with zero attached hydrogens (tertiary/aromatic N) is 3. The number of fused-ring (bicyclic) bond motifs is 1. The van der Waals surface area contributed by atoms with Crippen LogP contribution in [0.25, 0.3) is 10.9 Å². The van der Waals surface area contributed by atoms with Gasteiger partial charge in [0.25, 0.3) is 0 Å². The zero-order chi connectivity index (χ0) is 16.1. The molecule has 1 fully saturated rings. The maximum Gasteiger partial charge on any atom is 0.225 e. The van der Waals surface area contributed by atoms with Gasteiger partial charge in [-0.15, -0.1) is 0 Å². The quantitative estimate of drug-likeness (QED) is 0.793. The number of hydrogen-bond acceptors (Lipinski definition) is 5. The highest BCUT2D eigenvalue weighted by molar-refractivity contribution is 5.90. The van der Waals surface area contributed by atoms with Gasteiger partial charge in [0, 0.05) is 31.6 Å². The summed E-state index contributed by atoms with van der Waals surface area (Å²) in [6.07, 6.45) is 3.72. The molecule has 124 valence electrons. The van der Waals surface area contributed by atoms with E-state index in [1.54, 1.807) is 0 Å². The van der Waals surface area contributed by atoms with Gasteiger partial charge < -0.3 is 15.0 Å². The Morgan fingerprint density at radius 1 is 1.17 bits per heavy atom. The van der Waals surface area contributed by atoms with Crippen molar-refractivity contribution in [3.63, 3.8) is 0 Å². The summed E-state index contributed by atoms with van der Waals surface area (Å²) in [5.74, 6) is 1.78. The van der Waals surface area contributed by atoms with Crippen LogP contribution in [0, 0.1) is 0 Å². The first-order chi connectivity index (χ1) is 11.2. The molecule has 0 aliphatic carbocycles. The van der Waals surface area contributed by atoms with E-state index < -0.39 is 0 Å². The number of hydrogen-bond donors (Lipinski definition) is 1. The van der Waals surface area contributed by atoms with E-state index in [1.165, 1.54) is 12.8 Å². The minimum atomic E-state index is 0.286. The lowest BCUT2D eigenvalue weighted by atomic mass is 10.2. The van der Waals surface area contributed by atoms with E-state index in [0.29, 0.717) is 0 Å². The van der Waals surface area contributed by atoms with Gasteiger partial charge in [0.15, 0.2) is 0 Å². The summed E-state index contributed by atoms with van der Waals surface area (Å²) in [5, 5.41) is 4.49. The number of ether oxygens (including phenoxy) is 1. The molecule has 0 amide bonds. The smallest absolute Gasteiger partial charge is 0.225 e. The van der Waals surface area contributed by atoms with Crippen molar-refractivity contribution in [2.24, 2.45) is 0 Å². The maximum atomic E-state index is 5.57. The highest BCUT2D eigenvalue weighted by Gasteiger charge is 2.17. The molecule has 2 aromatic rings. The number of nitrogens with one attached hydrogen (secondary N) is 1. The van der Waals surface area contributed by atoms with Gasteiger partial charge in [-0.3, -0.25) is 0 Å². The number of para-hydroxylation sites is 1. The molecule has 1 saturated heterocycles. The minimum absolute atomic E-state index is 0.286. The van der Waals surface area contributed by atoms with E-state index in [0.717, 1.165) is 55.3 Å². The predicted molar refractivity (Wildman–Crippen MR) is 95.2 cm³/mol. The lowest BCUT2D eigenvalue weighted by Gasteiger charge is -2.19. The van der Waals surface area contributed by atoms with Crippen LogP contribution in [0.4, 0.5) is 11.8 Å². The third-order valence-electron chi connectivity index (χ3n) is 4.04. The van der Waals surface area contributed by atoms with Crippen molar-refractivity contribution < 1.29 is 4.74 Å². The molecule has 0 saturated carbocycles. The molecule has 5 nitrogen and oxygen atoms in total. The van der Waals surface area contributed by atoms with E-state index in [-0.39, 0.29) is 6.10 Å². The Morgan fingerprint density at radius 2 is 1.96 bits per heavy atom. The van der Waals surface area contributed by atoms with Crippen LogP contribution < -0.4 is 10.2 Å². The molecule has 1 N–H and O–H groups in total. The second-order valence-electron chi connectivity index (χ2n) is 6.28. The molecular formula is C18H26N4O. The summed E-state index contributed by atoms with van der Waals surface area (Å²) in [5.41, 5.74) is 1.00. The number of rotatable bonds is 7. The Hall–Kier alpha value is -1.88. The van der Waals surface area contributed by atoms with Crippen LogP contribution in [-0.4, -0.2) is 42.3 Å². The Kier molecular flexibility index (Phi) is 5.28. The molecule has 1 aromatic heterocycles. The van der Waals surface area contributed by atoms with Crippen LogP contribution in [0.5, 0.6) is 0 Å². The van der Waals surface area contributed by atoms with E-state index in [2.05, 4.69) is 47.2 Å². The predicted octanol–water partition coefficient (Wildman–Crippen LogP) is 3.46. The zero-order valence-corrected chi connectivity index (χ0v) is 14.1. The van der Waals surface area contributed by atoms with E-state index in [1.807, 2.05) is 6.07 Å². The van der Waals surface area contributed by atoms with Crippen molar-refractivity contribution in [1.29, 1.82) is 0 Å². The average Bonchev–Trinajstić information content (AvgIpc) is 3.08. The fourth-order valence-corrected chi connectivity index (χ4v) is 2.90. The van der Waals surface area contributed by atoms with Gasteiger partial charge in [-0.1, -0.05) is 12.1 Å². The third-order valence-corrected chi connectivity index (χ3v) is 4.04. The molecule has 0 radical (unpaired) electrons. The highest BCUT2D eigenvalue weighted by atomic mass is 16.5. The van der Waals surface area contributed by atoms with Gasteiger partial charge >= 0.3 is 0 Å².